The van der Waals surface area contributed by atoms with Gasteiger partial charge in [-0.05, 0) is 30.5 Å². The summed E-state index contributed by atoms with van der Waals surface area (Å²) < 4.78 is 0. The van der Waals surface area contributed by atoms with E-state index >= 15 is 0 Å². The summed E-state index contributed by atoms with van der Waals surface area (Å²) in [6.07, 6.45) is 8.11. The van der Waals surface area contributed by atoms with Gasteiger partial charge in [-0.2, -0.15) is 0 Å². The zero-order chi connectivity index (χ0) is 11.2. The van der Waals surface area contributed by atoms with Crippen LogP contribution in [0.1, 0.15) is 44.1 Å². The summed E-state index contributed by atoms with van der Waals surface area (Å²) in [5.74, 6) is 0.361. The molecule has 0 aromatic heterocycles. The summed E-state index contributed by atoms with van der Waals surface area (Å²) in [5.41, 5.74) is 1.17. The molecule has 2 rings (SSSR count). The summed E-state index contributed by atoms with van der Waals surface area (Å²) in [7, 11) is 0. The van der Waals surface area contributed by atoms with E-state index in [4.69, 9.17) is 0 Å². The van der Waals surface area contributed by atoms with Crippen LogP contribution in [0.25, 0.3) is 0 Å². The number of benzene rings is 1. The lowest BCUT2D eigenvalue weighted by Crippen LogP contribution is -2.27. The van der Waals surface area contributed by atoms with E-state index in [0.717, 1.165) is 6.54 Å². The Kier molecular flexibility index (Phi) is 4.23. The Morgan fingerprint density at radius 1 is 1.12 bits per heavy atom. The van der Waals surface area contributed by atoms with E-state index in [1.165, 1.54) is 44.1 Å². The molecule has 0 unspecified atom stereocenters. The standard InChI is InChI=1S/C14H21NO/c16-14-9-5-6-12(10-14)11-15-13-7-3-1-2-4-8-13/h5-6,9-10,13,15-16H,1-4,7-8,11H2. The predicted octanol–water partition coefficient (Wildman–Crippen LogP) is 3.20. The van der Waals surface area contributed by atoms with Crippen LogP contribution in [0, 0.1) is 0 Å². The zero-order valence-corrected chi connectivity index (χ0v) is 9.78. The molecule has 0 heterocycles. The van der Waals surface area contributed by atoms with E-state index < -0.39 is 0 Å². The van der Waals surface area contributed by atoms with E-state index in [0.29, 0.717) is 11.8 Å². The van der Waals surface area contributed by atoms with Crippen molar-refractivity contribution in [3.8, 4) is 5.75 Å². The molecule has 0 saturated heterocycles. The highest BCUT2D eigenvalue weighted by atomic mass is 16.3. The number of hydrogen-bond acceptors (Lipinski definition) is 2. The molecular weight excluding hydrogens is 198 g/mol. The fourth-order valence-electron chi connectivity index (χ4n) is 2.41. The summed E-state index contributed by atoms with van der Waals surface area (Å²) >= 11 is 0. The van der Waals surface area contributed by atoms with Gasteiger partial charge in [-0.15, -0.1) is 0 Å². The molecule has 16 heavy (non-hydrogen) atoms. The van der Waals surface area contributed by atoms with E-state index in [-0.39, 0.29) is 0 Å². The van der Waals surface area contributed by atoms with Crippen molar-refractivity contribution in [1.29, 1.82) is 0 Å². The predicted molar refractivity (Wildman–Crippen MR) is 66.4 cm³/mol. The molecule has 1 saturated carbocycles. The van der Waals surface area contributed by atoms with Crippen LogP contribution in [0.4, 0.5) is 0 Å². The Balaban J connectivity index is 1.81. The molecule has 1 fully saturated rings. The van der Waals surface area contributed by atoms with Crippen LogP contribution < -0.4 is 5.32 Å². The monoisotopic (exact) mass is 219 g/mol. The average Bonchev–Trinajstić information content (AvgIpc) is 2.55. The van der Waals surface area contributed by atoms with Gasteiger partial charge < -0.3 is 10.4 Å². The number of phenolic OH excluding ortho intramolecular Hbond substituents is 1. The number of rotatable bonds is 3. The molecular formula is C14H21NO. The van der Waals surface area contributed by atoms with Crippen molar-refractivity contribution in [1.82, 2.24) is 5.32 Å². The Hall–Kier alpha value is -1.02. The minimum Gasteiger partial charge on any atom is -0.508 e. The third-order valence-corrected chi connectivity index (χ3v) is 3.36. The zero-order valence-electron chi connectivity index (χ0n) is 9.78. The highest BCUT2D eigenvalue weighted by molar-refractivity contribution is 5.26. The molecule has 2 heteroatoms. The first-order valence-corrected chi connectivity index (χ1v) is 6.36. The van der Waals surface area contributed by atoms with Crippen LogP contribution in [0.5, 0.6) is 5.75 Å². The first-order valence-electron chi connectivity index (χ1n) is 6.36. The Labute approximate surface area is 97.7 Å². The molecule has 0 spiro atoms. The average molecular weight is 219 g/mol. The fourth-order valence-corrected chi connectivity index (χ4v) is 2.41. The maximum absolute atomic E-state index is 9.37. The van der Waals surface area contributed by atoms with Crippen molar-refractivity contribution in [2.75, 3.05) is 0 Å². The van der Waals surface area contributed by atoms with Crippen molar-refractivity contribution >= 4 is 0 Å². The Morgan fingerprint density at radius 2 is 1.88 bits per heavy atom. The normalized spacial score (nSPS) is 18.2. The van der Waals surface area contributed by atoms with Gasteiger partial charge in [0.05, 0.1) is 0 Å². The minimum atomic E-state index is 0.361. The van der Waals surface area contributed by atoms with Crippen LogP contribution in [-0.2, 0) is 6.54 Å². The van der Waals surface area contributed by atoms with E-state index in [2.05, 4.69) is 11.4 Å². The van der Waals surface area contributed by atoms with Gasteiger partial charge in [0.25, 0.3) is 0 Å². The lowest BCUT2D eigenvalue weighted by atomic mass is 10.1. The van der Waals surface area contributed by atoms with Crippen molar-refractivity contribution in [2.45, 2.75) is 51.1 Å². The lowest BCUT2D eigenvalue weighted by Gasteiger charge is -2.16. The third-order valence-electron chi connectivity index (χ3n) is 3.36. The van der Waals surface area contributed by atoms with Gasteiger partial charge >= 0.3 is 0 Å². The van der Waals surface area contributed by atoms with E-state index in [1.54, 1.807) is 6.07 Å². The molecule has 88 valence electrons. The molecule has 1 aromatic carbocycles. The topological polar surface area (TPSA) is 32.3 Å². The van der Waals surface area contributed by atoms with Crippen molar-refractivity contribution < 1.29 is 5.11 Å². The molecule has 0 atom stereocenters. The molecule has 1 aliphatic rings. The van der Waals surface area contributed by atoms with Crippen LogP contribution in [-0.4, -0.2) is 11.1 Å². The second-order valence-corrected chi connectivity index (χ2v) is 4.74. The summed E-state index contributed by atoms with van der Waals surface area (Å²) in [4.78, 5) is 0. The minimum absolute atomic E-state index is 0.361. The number of hydrogen-bond donors (Lipinski definition) is 2. The van der Waals surface area contributed by atoms with Gasteiger partial charge in [0, 0.05) is 12.6 Å². The quantitative estimate of drug-likeness (QED) is 0.765. The number of aromatic hydroxyl groups is 1. The van der Waals surface area contributed by atoms with Crippen molar-refractivity contribution in [3.63, 3.8) is 0 Å². The van der Waals surface area contributed by atoms with Gasteiger partial charge in [0.15, 0.2) is 0 Å². The van der Waals surface area contributed by atoms with Crippen LogP contribution in [0.15, 0.2) is 24.3 Å². The highest BCUT2D eigenvalue weighted by Crippen LogP contribution is 2.18. The maximum Gasteiger partial charge on any atom is 0.115 e. The summed E-state index contributed by atoms with van der Waals surface area (Å²) in [5, 5.41) is 13.0. The van der Waals surface area contributed by atoms with Gasteiger partial charge in [0.1, 0.15) is 5.75 Å². The molecule has 1 aliphatic carbocycles. The van der Waals surface area contributed by atoms with E-state index in [9.17, 15) is 5.11 Å². The van der Waals surface area contributed by atoms with Gasteiger partial charge in [0.2, 0.25) is 0 Å². The van der Waals surface area contributed by atoms with Crippen LogP contribution in [0.3, 0.4) is 0 Å². The Morgan fingerprint density at radius 3 is 2.56 bits per heavy atom. The molecule has 1 aromatic rings. The molecule has 2 nitrogen and oxygen atoms in total. The molecule has 2 N–H and O–H groups in total. The molecule has 0 aliphatic heterocycles. The summed E-state index contributed by atoms with van der Waals surface area (Å²) in [6.45, 7) is 0.874. The molecule has 0 bridgehead atoms. The van der Waals surface area contributed by atoms with Crippen molar-refractivity contribution in [3.05, 3.63) is 29.8 Å². The third kappa shape index (κ3) is 3.53. The second-order valence-electron chi connectivity index (χ2n) is 4.74. The largest absolute Gasteiger partial charge is 0.508 e. The van der Waals surface area contributed by atoms with Gasteiger partial charge in [-0.3, -0.25) is 0 Å². The number of nitrogens with one attached hydrogen (secondary N) is 1. The second kappa shape index (κ2) is 5.90. The summed E-state index contributed by atoms with van der Waals surface area (Å²) in [6, 6.07) is 8.19. The smallest absolute Gasteiger partial charge is 0.115 e. The first kappa shape index (κ1) is 11.5. The van der Waals surface area contributed by atoms with Crippen molar-refractivity contribution in [2.24, 2.45) is 0 Å². The van der Waals surface area contributed by atoms with Crippen LogP contribution >= 0.6 is 0 Å². The SMILES string of the molecule is Oc1cccc(CNC2CCCCCC2)c1. The van der Waals surface area contributed by atoms with Gasteiger partial charge in [-0.1, -0.05) is 37.8 Å². The first-order chi connectivity index (χ1) is 7.84. The maximum atomic E-state index is 9.37. The molecule has 0 radical (unpaired) electrons. The fraction of sp³-hybridized carbons (Fsp3) is 0.571. The van der Waals surface area contributed by atoms with E-state index in [1.807, 2.05) is 12.1 Å². The molecule has 0 amide bonds. The lowest BCUT2D eigenvalue weighted by molar-refractivity contribution is 0.455. The highest BCUT2D eigenvalue weighted by Gasteiger charge is 2.11. The van der Waals surface area contributed by atoms with Gasteiger partial charge in [-0.25, -0.2) is 0 Å². The number of phenols is 1. The Bertz CT molecular complexity index is 316. The van der Waals surface area contributed by atoms with Crippen LogP contribution in [0.2, 0.25) is 0 Å².